The molecule has 0 radical (unpaired) electrons. The van der Waals surface area contributed by atoms with Gasteiger partial charge in [-0.25, -0.2) is 0 Å². The minimum absolute atomic E-state index is 0.0611. The van der Waals surface area contributed by atoms with Crippen molar-refractivity contribution in [2.75, 3.05) is 11.4 Å². The molecule has 4 nitrogen and oxygen atoms in total. The molecule has 0 aliphatic carbocycles. The van der Waals surface area contributed by atoms with Gasteiger partial charge in [-0.15, -0.1) is 0 Å². The Morgan fingerprint density at radius 3 is 2.56 bits per heavy atom. The predicted molar refractivity (Wildman–Crippen MR) is 70.2 cm³/mol. The number of piperazine rings is 1. The van der Waals surface area contributed by atoms with E-state index in [4.69, 9.17) is 5.26 Å². The van der Waals surface area contributed by atoms with Crippen molar-refractivity contribution in [3.63, 3.8) is 0 Å². The number of rotatable bonds is 1. The Morgan fingerprint density at radius 1 is 1.39 bits per heavy atom. The van der Waals surface area contributed by atoms with E-state index in [-0.39, 0.29) is 11.9 Å². The molecule has 1 heterocycles. The zero-order valence-electron chi connectivity index (χ0n) is 10.9. The van der Waals surface area contributed by atoms with Crippen LogP contribution in [0.15, 0.2) is 24.3 Å². The van der Waals surface area contributed by atoms with Gasteiger partial charge in [-0.05, 0) is 45.0 Å². The standard InChI is InChI=1S/C14H17N3O/c1-10-9-16-14(2,3)13(18)17(10)12-6-4-11(8-15)5-7-12/h4-7,10,16H,9H2,1-3H3. The van der Waals surface area contributed by atoms with E-state index in [1.807, 2.05) is 32.9 Å². The van der Waals surface area contributed by atoms with Crippen LogP contribution in [-0.2, 0) is 4.79 Å². The maximum atomic E-state index is 12.4. The molecule has 1 saturated heterocycles. The summed E-state index contributed by atoms with van der Waals surface area (Å²) in [5.41, 5.74) is 0.912. The summed E-state index contributed by atoms with van der Waals surface area (Å²) >= 11 is 0. The highest BCUT2D eigenvalue weighted by Crippen LogP contribution is 2.24. The van der Waals surface area contributed by atoms with Gasteiger partial charge in [0.2, 0.25) is 5.91 Å². The number of hydrogen-bond acceptors (Lipinski definition) is 3. The molecule has 1 aromatic carbocycles. The van der Waals surface area contributed by atoms with Crippen molar-refractivity contribution < 1.29 is 4.79 Å². The molecule has 0 bridgehead atoms. The van der Waals surface area contributed by atoms with E-state index in [9.17, 15) is 4.79 Å². The highest BCUT2D eigenvalue weighted by Gasteiger charge is 2.39. The summed E-state index contributed by atoms with van der Waals surface area (Å²) in [4.78, 5) is 14.2. The largest absolute Gasteiger partial charge is 0.307 e. The molecule has 1 fully saturated rings. The van der Waals surface area contributed by atoms with Gasteiger partial charge in [-0.3, -0.25) is 4.79 Å². The molecule has 1 unspecified atom stereocenters. The SMILES string of the molecule is CC1CNC(C)(C)C(=O)N1c1ccc(C#N)cc1. The summed E-state index contributed by atoms with van der Waals surface area (Å²) in [5, 5.41) is 12.0. The number of nitrogens with zero attached hydrogens (tertiary/aromatic N) is 2. The van der Waals surface area contributed by atoms with Crippen LogP contribution in [0.5, 0.6) is 0 Å². The van der Waals surface area contributed by atoms with E-state index in [1.54, 1.807) is 17.0 Å². The highest BCUT2D eigenvalue weighted by molar-refractivity contribution is 6.01. The van der Waals surface area contributed by atoms with Crippen LogP contribution in [0.3, 0.4) is 0 Å². The molecule has 1 aliphatic rings. The molecule has 1 N–H and O–H groups in total. The predicted octanol–water partition coefficient (Wildman–Crippen LogP) is 1.66. The monoisotopic (exact) mass is 243 g/mol. The second kappa shape index (κ2) is 4.43. The average molecular weight is 243 g/mol. The van der Waals surface area contributed by atoms with Crippen LogP contribution in [-0.4, -0.2) is 24.0 Å². The Kier molecular flexibility index (Phi) is 3.10. The number of carbonyl (C=O) groups is 1. The van der Waals surface area contributed by atoms with Crippen LogP contribution in [0.25, 0.3) is 0 Å². The number of hydrogen-bond donors (Lipinski definition) is 1. The second-order valence-corrected chi connectivity index (χ2v) is 5.19. The minimum atomic E-state index is -0.541. The Morgan fingerprint density at radius 2 is 2.00 bits per heavy atom. The van der Waals surface area contributed by atoms with Crippen molar-refractivity contribution >= 4 is 11.6 Å². The van der Waals surface area contributed by atoms with Crippen LogP contribution in [0.2, 0.25) is 0 Å². The summed E-state index contributed by atoms with van der Waals surface area (Å²) in [5.74, 6) is 0.0611. The third-order valence-corrected chi connectivity index (χ3v) is 3.31. The number of anilines is 1. The van der Waals surface area contributed by atoms with E-state index in [1.165, 1.54) is 0 Å². The number of nitrogens with one attached hydrogen (secondary N) is 1. The van der Waals surface area contributed by atoms with E-state index < -0.39 is 5.54 Å². The summed E-state index contributed by atoms with van der Waals surface area (Å²) < 4.78 is 0. The number of benzene rings is 1. The summed E-state index contributed by atoms with van der Waals surface area (Å²) in [6, 6.07) is 9.33. The average Bonchev–Trinajstić information content (AvgIpc) is 2.36. The van der Waals surface area contributed by atoms with Gasteiger partial charge in [0.25, 0.3) is 0 Å². The molecular weight excluding hydrogens is 226 g/mol. The quantitative estimate of drug-likeness (QED) is 0.816. The van der Waals surface area contributed by atoms with Gasteiger partial charge in [0.05, 0.1) is 17.2 Å². The molecular formula is C14H17N3O. The van der Waals surface area contributed by atoms with Crippen LogP contribution < -0.4 is 10.2 Å². The van der Waals surface area contributed by atoms with Crippen LogP contribution in [0, 0.1) is 11.3 Å². The van der Waals surface area contributed by atoms with Crippen LogP contribution in [0.4, 0.5) is 5.69 Å². The van der Waals surface area contributed by atoms with Crippen molar-refractivity contribution in [3.05, 3.63) is 29.8 Å². The van der Waals surface area contributed by atoms with Crippen molar-refractivity contribution in [2.45, 2.75) is 32.4 Å². The number of carbonyl (C=O) groups excluding carboxylic acids is 1. The van der Waals surface area contributed by atoms with Gasteiger partial charge in [0.1, 0.15) is 0 Å². The molecule has 1 atom stereocenters. The Hall–Kier alpha value is -1.86. The Balaban J connectivity index is 2.35. The molecule has 1 aromatic rings. The minimum Gasteiger partial charge on any atom is -0.307 e. The number of nitriles is 1. The first-order chi connectivity index (χ1) is 8.45. The first-order valence-electron chi connectivity index (χ1n) is 6.04. The topological polar surface area (TPSA) is 56.1 Å². The molecule has 4 heteroatoms. The maximum Gasteiger partial charge on any atom is 0.247 e. The smallest absolute Gasteiger partial charge is 0.247 e. The third-order valence-electron chi connectivity index (χ3n) is 3.31. The van der Waals surface area contributed by atoms with Gasteiger partial charge in [0, 0.05) is 18.3 Å². The lowest BCUT2D eigenvalue weighted by atomic mass is 9.97. The van der Waals surface area contributed by atoms with Crippen LogP contribution in [0.1, 0.15) is 26.3 Å². The van der Waals surface area contributed by atoms with Crippen molar-refractivity contribution in [1.29, 1.82) is 5.26 Å². The lowest BCUT2D eigenvalue weighted by Gasteiger charge is -2.42. The van der Waals surface area contributed by atoms with Crippen molar-refractivity contribution in [2.24, 2.45) is 0 Å². The summed E-state index contributed by atoms with van der Waals surface area (Å²) in [6.07, 6.45) is 0. The number of amides is 1. The van der Waals surface area contributed by atoms with Gasteiger partial charge >= 0.3 is 0 Å². The lowest BCUT2D eigenvalue weighted by molar-refractivity contribution is -0.125. The molecule has 0 aromatic heterocycles. The molecule has 94 valence electrons. The fourth-order valence-electron chi connectivity index (χ4n) is 2.14. The van der Waals surface area contributed by atoms with Crippen molar-refractivity contribution in [1.82, 2.24) is 5.32 Å². The van der Waals surface area contributed by atoms with E-state index in [0.717, 1.165) is 12.2 Å². The zero-order valence-corrected chi connectivity index (χ0v) is 10.9. The second-order valence-electron chi connectivity index (χ2n) is 5.19. The summed E-state index contributed by atoms with van der Waals surface area (Å²) in [6.45, 7) is 6.55. The molecule has 1 amide bonds. The van der Waals surface area contributed by atoms with Gasteiger partial charge < -0.3 is 10.2 Å². The first-order valence-corrected chi connectivity index (χ1v) is 6.04. The fourth-order valence-corrected chi connectivity index (χ4v) is 2.14. The van der Waals surface area contributed by atoms with Gasteiger partial charge in [-0.1, -0.05) is 0 Å². The molecule has 2 rings (SSSR count). The van der Waals surface area contributed by atoms with Crippen molar-refractivity contribution in [3.8, 4) is 6.07 Å². The molecule has 1 aliphatic heterocycles. The van der Waals surface area contributed by atoms with E-state index in [2.05, 4.69) is 11.4 Å². The molecule has 18 heavy (non-hydrogen) atoms. The Labute approximate surface area is 107 Å². The molecule has 0 spiro atoms. The first kappa shape index (κ1) is 12.6. The van der Waals surface area contributed by atoms with Gasteiger partial charge in [-0.2, -0.15) is 5.26 Å². The zero-order chi connectivity index (χ0) is 13.3. The Bertz CT molecular complexity index is 499. The highest BCUT2D eigenvalue weighted by atomic mass is 16.2. The third kappa shape index (κ3) is 2.09. The van der Waals surface area contributed by atoms with Crippen LogP contribution >= 0.6 is 0 Å². The van der Waals surface area contributed by atoms with E-state index in [0.29, 0.717) is 5.56 Å². The van der Waals surface area contributed by atoms with Gasteiger partial charge in [0.15, 0.2) is 0 Å². The lowest BCUT2D eigenvalue weighted by Crippen LogP contribution is -2.64. The molecule has 0 saturated carbocycles. The maximum absolute atomic E-state index is 12.4. The van der Waals surface area contributed by atoms with E-state index >= 15 is 0 Å². The normalized spacial score (nSPS) is 22.7. The summed E-state index contributed by atoms with van der Waals surface area (Å²) in [7, 11) is 0. The fraction of sp³-hybridized carbons (Fsp3) is 0.429.